The van der Waals surface area contributed by atoms with Gasteiger partial charge in [0.2, 0.25) is 6.04 Å². The molecule has 1 amide bonds. The number of aromatic nitrogens is 2. The highest BCUT2D eigenvalue weighted by Gasteiger charge is 2.33. The second kappa shape index (κ2) is 9.88. The Balaban J connectivity index is 2.23. The largest absolute Gasteiger partial charge is 0.464 e. The van der Waals surface area contributed by atoms with E-state index in [1.165, 1.54) is 0 Å². The molecule has 2 rings (SSSR count). The van der Waals surface area contributed by atoms with Crippen LogP contribution < -0.4 is 11.1 Å². The van der Waals surface area contributed by atoms with Crippen molar-refractivity contribution in [2.45, 2.75) is 26.4 Å². The number of benzene rings is 1. The molecule has 10 heteroatoms. The highest BCUT2D eigenvalue weighted by Crippen LogP contribution is 2.21. The lowest BCUT2D eigenvalue weighted by Gasteiger charge is -2.15. The molecule has 0 aliphatic carbocycles. The van der Waals surface area contributed by atoms with Gasteiger partial charge in [0.15, 0.2) is 10.4 Å². The number of nitrogens with one attached hydrogen (secondary N) is 1. The van der Waals surface area contributed by atoms with Crippen molar-refractivity contribution in [1.29, 1.82) is 0 Å². The van der Waals surface area contributed by atoms with E-state index >= 15 is 0 Å². The minimum Gasteiger partial charge on any atom is -0.464 e. The lowest BCUT2D eigenvalue weighted by molar-refractivity contribution is -0.157. The third kappa shape index (κ3) is 5.10. The van der Waals surface area contributed by atoms with Crippen molar-refractivity contribution in [3.63, 3.8) is 0 Å². The van der Waals surface area contributed by atoms with Crippen LogP contribution in [0.15, 0.2) is 35.1 Å². The van der Waals surface area contributed by atoms with Gasteiger partial charge in [-0.2, -0.15) is 0 Å². The number of ether oxygens (including phenoxy) is 2. The second-order valence-corrected chi connectivity index (χ2v) is 6.31. The molecule has 2 aromatic rings. The third-order valence-corrected chi connectivity index (χ3v) is 4.28. The van der Waals surface area contributed by atoms with Crippen LogP contribution in [0.5, 0.6) is 0 Å². The lowest BCUT2D eigenvalue weighted by Crippen LogP contribution is -2.48. The van der Waals surface area contributed by atoms with Crippen molar-refractivity contribution in [1.82, 2.24) is 14.9 Å². The molecular weight excluding hydrogens is 432 g/mol. The second-order valence-electron chi connectivity index (χ2n) is 5.60. The number of esters is 2. The molecule has 3 N–H and O–H groups in total. The summed E-state index contributed by atoms with van der Waals surface area (Å²) in [5, 5.41) is 2.28. The predicted molar refractivity (Wildman–Crippen MR) is 104 cm³/mol. The van der Waals surface area contributed by atoms with Gasteiger partial charge in [-0.1, -0.05) is 30.3 Å². The first-order valence-electron chi connectivity index (χ1n) is 8.58. The summed E-state index contributed by atoms with van der Waals surface area (Å²) < 4.78 is 11.6. The van der Waals surface area contributed by atoms with Gasteiger partial charge in [0.1, 0.15) is 5.82 Å². The number of amides is 1. The van der Waals surface area contributed by atoms with E-state index < -0.39 is 23.9 Å². The van der Waals surface area contributed by atoms with Gasteiger partial charge in [0, 0.05) is 0 Å². The summed E-state index contributed by atoms with van der Waals surface area (Å²) in [5.41, 5.74) is 6.91. The number of carbonyl (C=O) groups excluding carboxylic acids is 3. The number of nitrogen functional groups attached to an aromatic ring is 1. The molecule has 0 unspecified atom stereocenters. The molecule has 0 fully saturated rings. The molecule has 1 heterocycles. The summed E-state index contributed by atoms with van der Waals surface area (Å²) in [6.07, 6.45) is 0. The van der Waals surface area contributed by atoms with Crippen molar-refractivity contribution >= 4 is 39.6 Å². The Morgan fingerprint density at radius 2 is 1.71 bits per heavy atom. The normalized spacial score (nSPS) is 10.6. The number of nitrogens with two attached hydrogens (primary N) is 1. The molecule has 0 spiro atoms. The Kier molecular flexibility index (Phi) is 7.56. The molecule has 0 aliphatic heterocycles. The quantitative estimate of drug-likeness (QED) is 0.458. The van der Waals surface area contributed by atoms with Crippen LogP contribution in [-0.4, -0.2) is 46.7 Å². The molecule has 28 heavy (non-hydrogen) atoms. The van der Waals surface area contributed by atoms with Crippen LogP contribution in [0.25, 0.3) is 0 Å². The van der Waals surface area contributed by atoms with E-state index in [9.17, 15) is 14.4 Å². The molecule has 0 atom stereocenters. The van der Waals surface area contributed by atoms with Gasteiger partial charge in [-0.05, 0) is 35.3 Å². The number of imidazole rings is 1. The first kappa shape index (κ1) is 21.4. The fourth-order valence-electron chi connectivity index (χ4n) is 2.39. The molecule has 0 saturated heterocycles. The van der Waals surface area contributed by atoms with Gasteiger partial charge < -0.3 is 25.1 Å². The van der Waals surface area contributed by atoms with E-state index in [1.807, 2.05) is 30.3 Å². The van der Waals surface area contributed by atoms with E-state index in [-0.39, 0.29) is 24.7 Å². The molecule has 1 aromatic carbocycles. The van der Waals surface area contributed by atoms with E-state index in [4.69, 9.17) is 15.2 Å². The summed E-state index contributed by atoms with van der Waals surface area (Å²) in [6.45, 7) is 3.64. The minimum absolute atomic E-state index is 0.0456. The van der Waals surface area contributed by atoms with Crippen LogP contribution in [0.1, 0.15) is 29.9 Å². The molecule has 0 bridgehead atoms. The monoisotopic (exact) mass is 452 g/mol. The smallest absolute Gasteiger partial charge is 0.340 e. The number of hydrogen-bond acceptors (Lipinski definition) is 7. The summed E-state index contributed by atoms with van der Waals surface area (Å²) in [6, 6.07) is 7.86. The van der Waals surface area contributed by atoms with E-state index in [1.54, 1.807) is 18.4 Å². The van der Waals surface area contributed by atoms with Crippen LogP contribution in [0.4, 0.5) is 5.82 Å². The molecule has 0 radical (unpaired) electrons. The fourth-order valence-corrected chi connectivity index (χ4v) is 2.88. The van der Waals surface area contributed by atoms with Gasteiger partial charge in [0.05, 0.1) is 19.8 Å². The van der Waals surface area contributed by atoms with Gasteiger partial charge in [-0.15, -0.1) is 0 Å². The number of rotatable bonds is 8. The van der Waals surface area contributed by atoms with Crippen molar-refractivity contribution in [2.75, 3.05) is 18.9 Å². The summed E-state index contributed by atoms with van der Waals surface area (Å²) >= 11 is 3.28. The van der Waals surface area contributed by atoms with Crippen LogP contribution >= 0.6 is 15.9 Å². The Labute approximate surface area is 170 Å². The zero-order valence-corrected chi connectivity index (χ0v) is 17.1. The first-order chi connectivity index (χ1) is 13.4. The Morgan fingerprint density at radius 3 is 2.25 bits per heavy atom. The van der Waals surface area contributed by atoms with Crippen LogP contribution in [0, 0.1) is 0 Å². The highest BCUT2D eigenvalue weighted by atomic mass is 79.9. The number of halogens is 1. The number of nitrogens with zero attached hydrogens (tertiary/aromatic N) is 2. The molecule has 1 aromatic heterocycles. The van der Waals surface area contributed by atoms with E-state index in [0.29, 0.717) is 11.3 Å². The third-order valence-electron chi connectivity index (χ3n) is 3.68. The first-order valence-corrected chi connectivity index (χ1v) is 9.37. The van der Waals surface area contributed by atoms with Gasteiger partial charge in [-0.3, -0.25) is 4.79 Å². The lowest BCUT2D eigenvalue weighted by atomic mass is 10.2. The van der Waals surface area contributed by atoms with Crippen molar-refractivity contribution in [3.8, 4) is 0 Å². The van der Waals surface area contributed by atoms with Crippen molar-refractivity contribution in [2.24, 2.45) is 0 Å². The van der Waals surface area contributed by atoms with Gasteiger partial charge in [0.25, 0.3) is 5.91 Å². The average Bonchev–Trinajstić information content (AvgIpc) is 2.95. The molecular formula is C18H21BrN4O5. The standard InChI is InChI=1S/C18H21BrN4O5/c1-3-27-16(25)13(17(26)28-4-2)21-15(24)12-14(20)23(18(19)22-12)10-11-8-6-5-7-9-11/h5-9,13H,3-4,10,20H2,1-2H3,(H,21,24). The predicted octanol–water partition coefficient (Wildman–Crippen LogP) is 1.50. The SMILES string of the molecule is CCOC(=O)C(NC(=O)c1nc(Br)n(Cc2ccccc2)c1N)C(=O)OCC. The molecule has 9 nitrogen and oxygen atoms in total. The maximum absolute atomic E-state index is 12.6. The highest BCUT2D eigenvalue weighted by molar-refractivity contribution is 9.10. The fraction of sp³-hybridized carbons (Fsp3) is 0.333. The zero-order chi connectivity index (χ0) is 20.7. The maximum Gasteiger partial charge on any atom is 0.340 e. The Morgan fingerprint density at radius 1 is 1.14 bits per heavy atom. The van der Waals surface area contributed by atoms with Crippen LogP contribution in [0.3, 0.4) is 0 Å². The summed E-state index contributed by atoms with van der Waals surface area (Å²) in [5.74, 6) is -2.55. The number of anilines is 1. The number of hydrogen-bond donors (Lipinski definition) is 2. The van der Waals surface area contributed by atoms with Crippen LogP contribution in [-0.2, 0) is 25.6 Å². The van der Waals surface area contributed by atoms with E-state index in [2.05, 4.69) is 26.2 Å². The van der Waals surface area contributed by atoms with Crippen molar-refractivity contribution in [3.05, 3.63) is 46.3 Å². The topological polar surface area (TPSA) is 126 Å². The minimum atomic E-state index is -1.61. The summed E-state index contributed by atoms with van der Waals surface area (Å²) in [7, 11) is 0. The van der Waals surface area contributed by atoms with Gasteiger partial charge >= 0.3 is 11.9 Å². The van der Waals surface area contributed by atoms with Crippen LogP contribution in [0.2, 0.25) is 0 Å². The maximum atomic E-state index is 12.6. The Hall–Kier alpha value is -2.88. The summed E-state index contributed by atoms with van der Waals surface area (Å²) in [4.78, 5) is 40.8. The zero-order valence-electron chi connectivity index (χ0n) is 15.5. The van der Waals surface area contributed by atoms with E-state index in [0.717, 1.165) is 5.56 Å². The number of carbonyl (C=O) groups is 3. The molecule has 150 valence electrons. The molecule has 0 saturated carbocycles. The Bertz CT molecular complexity index is 835. The van der Waals surface area contributed by atoms with Gasteiger partial charge in [-0.25, -0.2) is 14.6 Å². The average molecular weight is 453 g/mol. The van der Waals surface area contributed by atoms with Crippen molar-refractivity contribution < 1.29 is 23.9 Å². The molecule has 0 aliphatic rings.